The number of halogens is 1. The Labute approximate surface area is 155 Å². The molecular formula is C20H17FN4O2. The van der Waals surface area contributed by atoms with Gasteiger partial charge in [0.05, 0.1) is 11.6 Å². The van der Waals surface area contributed by atoms with Gasteiger partial charge in [0.2, 0.25) is 0 Å². The molecule has 0 saturated carbocycles. The number of anilines is 1. The van der Waals surface area contributed by atoms with Gasteiger partial charge in [0.25, 0.3) is 5.91 Å². The molecule has 7 heteroatoms. The van der Waals surface area contributed by atoms with E-state index in [0.29, 0.717) is 48.3 Å². The summed E-state index contributed by atoms with van der Waals surface area (Å²) < 4.78 is 19.2. The fraction of sp³-hybridized carbons (Fsp3) is 0.250. The normalized spacial score (nSPS) is 14.4. The van der Waals surface area contributed by atoms with Gasteiger partial charge in [0.15, 0.2) is 5.76 Å². The second-order valence-corrected chi connectivity index (χ2v) is 6.49. The molecule has 6 nitrogen and oxygen atoms in total. The Bertz CT molecular complexity index is 1060. The van der Waals surface area contributed by atoms with Crippen molar-refractivity contribution in [2.24, 2.45) is 0 Å². The van der Waals surface area contributed by atoms with E-state index in [0.717, 1.165) is 5.82 Å². The average molecular weight is 364 g/mol. The number of piperazine rings is 1. The molecule has 1 amide bonds. The van der Waals surface area contributed by atoms with Gasteiger partial charge in [-0.05, 0) is 37.3 Å². The molecule has 1 saturated heterocycles. The topological polar surface area (TPSA) is 73.4 Å². The Kier molecular flexibility index (Phi) is 4.24. The third-order valence-corrected chi connectivity index (χ3v) is 4.86. The SMILES string of the molecule is Cc1c(C(=O)N2CCN(c3cc(C#N)ccn3)CC2)oc2ccc(F)cc12. The molecule has 1 aromatic carbocycles. The van der Waals surface area contributed by atoms with E-state index in [1.165, 1.54) is 12.1 Å². The lowest BCUT2D eigenvalue weighted by Crippen LogP contribution is -2.49. The smallest absolute Gasteiger partial charge is 0.290 e. The van der Waals surface area contributed by atoms with Gasteiger partial charge in [0, 0.05) is 43.3 Å². The molecular weight excluding hydrogens is 347 g/mol. The molecule has 0 unspecified atom stereocenters. The summed E-state index contributed by atoms with van der Waals surface area (Å²) in [6.07, 6.45) is 1.61. The maximum absolute atomic E-state index is 13.5. The van der Waals surface area contributed by atoms with Crippen molar-refractivity contribution >= 4 is 22.7 Å². The molecule has 0 N–H and O–H groups in total. The van der Waals surface area contributed by atoms with Gasteiger partial charge in [-0.25, -0.2) is 9.37 Å². The number of furan rings is 1. The number of hydrogen-bond acceptors (Lipinski definition) is 5. The first-order chi connectivity index (χ1) is 13.1. The highest BCUT2D eigenvalue weighted by Crippen LogP contribution is 2.27. The molecule has 136 valence electrons. The van der Waals surface area contributed by atoms with Crippen molar-refractivity contribution in [1.82, 2.24) is 9.88 Å². The number of carbonyl (C=O) groups excluding carboxylic acids is 1. The van der Waals surface area contributed by atoms with Crippen LogP contribution in [0.1, 0.15) is 21.7 Å². The van der Waals surface area contributed by atoms with Crippen LogP contribution in [0.2, 0.25) is 0 Å². The molecule has 0 radical (unpaired) electrons. The maximum Gasteiger partial charge on any atom is 0.290 e. The van der Waals surface area contributed by atoms with Gasteiger partial charge >= 0.3 is 0 Å². The number of benzene rings is 1. The molecule has 3 heterocycles. The van der Waals surface area contributed by atoms with Crippen LogP contribution in [0.4, 0.5) is 10.2 Å². The van der Waals surface area contributed by atoms with Gasteiger partial charge in [0.1, 0.15) is 17.2 Å². The maximum atomic E-state index is 13.5. The van der Waals surface area contributed by atoms with Crippen LogP contribution in [-0.4, -0.2) is 42.0 Å². The first-order valence-electron chi connectivity index (χ1n) is 8.66. The zero-order chi connectivity index (χ0) is 19.0. The number of pyridine rings is 1. The summed E-state index contributed by atoms with van der Waals surface area (Å²) in [5.41, 5.74) is 1.72. The average Bonchev–Trinajstić information content (AvgIpc) is 3.03. The predicted molar refractivity (Wildman–Crippen MR) is 98.0 cm³/mol. The number of nitrogens with zero attached hydrogens (tertiary/aromatic N) is 4. The van der Waals surface area contributed by atoms with Crippen LogP contribution in [-0.2, 0) is 0 Å². The molecule has 1 aliphatic heterocycles. The minimum atomic E-state index is -0.355. The fourth-order valence-corrected chi connectivity index (χ4v) is 3.34. The number of carbonyl (C=O) groups is 1. The molecule has 4 rings (SSSR count). The molecule has 1 aliphatic rings. The van der Waals surface area contributed by atoms with Crippen molar-refractivity contribution in [3.63, 3.8) is 0 Å². The largest absolute Gasteiger partial charge is 0.451 e. The van der Waals surface area contributed by atoms with Gasteiger partial charge in [-0.3, -0.25) is 4.79 Å². The lowest BCUT2D eigenvalue weighted by Gasteiger charge is -2.35. The van der Waals surface area contributed by atoms with Crippen LogP contribution in [0.25, 0.3) is 11.0 Å². The summed E-state index contributed by atoms with van der Waals surface area (Å²) in [6.45, 7) is 4.03. The lowest BCUT2D eigenvalue weighted by molar-refractivity contribution is 0.0716. The summed E-state index contributed by atoms with van der Waals surface area (Å²) in [6, 6.07) is 9.76. The Morgan fingerprint density at radius 3 is 2.74 bits per heavy atom. The van der Waals surface area contributed by atoms with Gasteiger partial charge in [-0.15, -0.1) is 0 Å². The summed E-state index contributed by atoms with van der Waals surface area (Å²) in [5.74, 6) is 0.443. The molecule has 0 aliphatic carbocycles. The first-order valence-corrected chi connectivity index (χ1v) is 8.66. The van der Waals surface area contributed by atoms with E-state index in [9.17, 15) is 9.18 Å². The van der Waals surface area contributed by atoms with Gasteiger partial charge < -0.3 is 14.2 Å². The van der Waals surface area contributed by atoms with Gasteiger partial charge in [-0.2, -0.15) is 5.26 Å². The van der Waals surface area contributed by atoms with Crippen molar-refractivity contribution in [2.75, 3.05) is 31.1 Å². The molecule has 0 spiro atoms. The monoisotopic (exact) mass is 364 g/mol. The third-order valence-electron chi connectivity index (χ3n) is 4.86. The Hall–Kier alpha value is -3.40. The van der Waals surface area contributed by atoms with Crippen molar-refractivity contribution < 1.29 is 13.6 Å². The zero-order valence-corrected chi connectivity index (χ0v) is 14.8. The van der Waals surface area contributed by atoms with Crippen LogP contribution in [0.3, 0.4) is 0 Å². The lowest BCUT2D eigenvalue weighted by atomic mass is 10.1. The molecule has 0 bridgehead atoms. The summed E-state index contributed by atoms with van der Waals surface area (Å²) in [7, 11) is 0. The van der Waals surface area contributed by atoms with Crippen LogP contribution >= 0.6 is 0 Å². The van der Waals surface area contributed by atoms with Crippen molar-refractivity contribution in [2.45, 2.75) is 6.92 Å². The van der Waals surface area contributed by atoms with Crippen LogP contribution < -0.4 is 4.90 Å². The summed E-state index contributed by atoms with van der Waals surface area (Å²) >= 11 is 0. The summed E-state index contributed by atoms with van der Waals surface area (Å²) in [5, 5.41) is 9.64. The second kappa shape index (κ2) is 6.72. The van der Waals surface area contributed by atoms with E-state index in [4.69, 9.17) is 9.68 Å². The standard InChI is InChI=1S/C20H17FN4O2/c1-13-16-11-15(21)2-3-17(16)27-19(13)20(26)25-8-6-24(7-9-25)18-10-14(12-22)4-5-23-18/h2-5,10-11H,6-9H2,1H3. The summed E-state index contributed by atoms with van der Waals surface area (Å²) in [4.78, 5) is 21.0. The van der Waals surface area contributed by atoms with E-state index in [-0.39, 0.29) is 17.5 Å². The number of rotatable bonds is 2. The minimum Gasteiger partial charge on any atom is -0.451 e. The van der Waals surface area contributed by atoms with Crippen LogP contribution in [0.5, 0.6) is 0 Å². The molecule has 0 atom stereocenters. The zero-order valence-electron chi connectivity index (χ0n) is 14.8. The minimum absolute atomic E-state index is 0.192. The van der Waals surface area contributed by atoms with E-state index in [1.54, 1.807) is 36.2 Å². The van der Waals surface area contributed by atoms with Crippen LogP contribution in [0.15, 0.2) is 40.9 Å². The molecule has 1 fully saturated rings. The van der Waals surface area contributed by atoms with E-state index >= 15 is 0 Å². The predicted octanol–water partition coefficient (Wildman–Crippen LogP) is 3.11. The number of hydrogen-bond donors (Lipinski definition) is 0. The fourth-order valence-electron chi connectivity index (χ4n) is 3.34. The Balaban J connectivity index is 1.50. The van der Waals surface area contributed by atoms with E-state index < -0.39 is 0 Å². The quantitative estimate of drug-likeness (QED) is 0.699. The Morgan fingerprint density at radius 2 is 2.00 bits per heavy atom. The number of fused-ring (bicyclic) bond motifs is 1. The van der Waals surface area contributed by atoms with E-state index in [2.05, 4.69) is 11.1 Å². The van der Waals surface area contributed by atoms with E-state index in [1.807, 2.05) is 4.90 Å². The Morgan fingerprint density at radius 1 is 1.22 bits per heavy atom. The highest BCUT2D eigenvalue weighted by molar-refractivity contribution is 5.99. The molecule has 2 aromatic heterocycles. The molecule has 27 heavy (non-hydrogen) atoms. The number of nitriles is 1. The second-order valence-electron chi connectivity index (χ2n) is 6.49. The van der Waals surface area contributed by atoms with Crippen molar-refractivity contribution in [1.29, 1.82) is 5.26 Å². The van der Waals surface area contributed by atoms with Gasteiger partial charge in [-0.1, -0.05) is 0 Å². The first kappa shape index (κ1) is 17.0. The third kappa shape index (κ3) is 3.10. The van der Waals surface area contributed by atoms with Crippen molar-refractivity contribution in [3.8, 4) is 6.07 Å². The number of amides is 1. The molecule has 3 aromatic rings. The van der Waals surface area contributed by atoms with Crippen LogP contribution in [0, 0.1) is 24.1 Å². The van der Waals surface area contributed by atoms with Crippen molar-refractivity contribution in [3.05, 3.63) is 59.2 Å². The number of aromatic nitrogens is 1. The highest BCUT2D eigenvalue weighted by Gasteiger charge is 2.27. The highest BCUT2D eigenvalue weighted by atomic mass is 19.1. The number of aryl methyl sites for hydroxylation is 1.